The number of rotatable bonds is 34. The summed E-state index contributed by atoms with van der Waals surface area (Å²) in [6, 6.07) is -1.15. The third-order valence-corrected chi connectivity index (χ3v) is 11.5. The quantitative estimate of drug-likeness (QED) is 0.0317. The Hall–Kier alpha value is -8.40. The van der Waals surface area contributed by atoms with Gasteiger partial charge in [0.2, 0.25) is 59.1 Å². The van der Waals surface area contributed by atoms with Crippen molar-refractivity contribution in [3.63, 3.8) is 0 Å². The molecule has 0 saturated heterocycles. The molecule has 77 heavy (non-hydrogen) atoms. The van der Waals surface area contributed by atoms with Crippen molar-refractivity contribution in [3.05, 3.63) is 59.7 Å². The smallest absolute Gasteiger partial charge is 0.326 e. The first kappa shape index (κ1) is 64.7. The molecule has 2 rings (SSSR count). The number of amides is 10. The molecule has 19 N–H and O–H groups in total. The number of hydrogen-bond acceptors (Lipinski definition) is 16. The summed E-state index contributed by atoms with van der Waals surface area (Å²) in [5.74, 6) is -13.9. The average Bonchev–Trinajstić information content (AvgIpc) is 3.35. The van der Waals surface area contributed by atoms with Crippen LogP contribution in [0, 0.1) is 11.8 Å². The molecule has 0 spiro atoms. The average molecular weight is 1090 g/mol. The molecule has 0 unspecified atom stereocenters. The molecule has 10 amide bonds. The van der Waals surface area contributed by atoms with Gasteiger partial charge in [-0.05, 0) is 79.3 Å². The van der Waals surface area contributed by atoms with E-state index in [1.807, 2.05) is 0 Å². The van der Waals surface area contributed by atoms with E-state index < -0.39 is 177 Å². The minimum absolute atomic E-state index is 0.00387. The summed E-state index contributed by atoms with van der Waals surface area (Å²) in [5.41, 5.74) is 17.7. The van der Waals surface area contributed by atoms with Crippen LogP contribution in [0.1, 0.15) is 83.8 Å². The summed E-state index contributed by atoms with van der Waals surface area (Å²) in [5, 5.41) is 67.1. The van der Waals surface area contributed by atoms with Crippen LogP contribution >= 0.6 is 0 Å². The van der Waals surface area contributed by atoms with Gasteiger partial charge in [0.25, 0.3) is 0 Å². The topological polar surface area (TPSA) is 480 Å². The Balaban J connectivity index is 2.37. The molecule has 2 aromatic carbocycles. The molecule has 0 heterocycles. The lowest BCUT2D eigenvalue weighted by molar-refractivity contribution is -0.144. The van der Waals surface area contributed by atoms with Crippen LogP contribution in [0.2, 0.25) is 0 Å². The fourth-order valence-corrected chi connectivity index (χ4v) is 7.27. The number of phenols is 2. The van der Waals surface area contributed by atoms with Crippen molar-refractivity contribution < 1.29 is 83.1 Å². The number of benzene rings is 2. The van der Waals surface area contributed by atoms with Gasteiger partial charge in [-0.25, -0.2) is 4.79 Å². The maximum Gasteiger partial charge on any atom is 0.326 e. The van der Waals surface area contributed by atoms with Crippen LogP contribution in [0.4, 0.5) is 0 Å². The molecule has 0 aliphatic heterocycles. The first-order chi connectivity index (χ1) is 36.1. The Labute approximate surface area is 442 Å². The minimum Gasteiger partial charge on any atom is -0.508 e. The molecular formula is C49H71N11O17. The molecule has 0 saturated carbocycles. The predicted molar refractivity (Wildman–Crippen MR) is 271 cm³/mol. The number of aliphatic hydroxyl groups excluding tert-OH is 1. The monoisotopic (exact) mass is 1090 g/mol. The number of nitrogens with two attached hydrogens (primary N) is 3. The number of aromatic hydroxyl groups is 2. The van der Waals surface area contributed by atoms with Crippen molar-refractivity contribution in [2.75, 3.05) is 13.2 Å². The molecule has 0 aliphatic rings. The number of carbonyl (C=O) groups is 12. The van der Waals surface area contributed by atoms with Gasteiger partial charge in [-0.1, -0.05) is 52.0 Å². The summed E-state index contributed by atoms with van der Waals surface area (Å²) in [6.45, 7) is 4.70. The van der Waals surface area contributed by atoms with Gasteiger partial charge in [-0.2, -0.15) is 0 Å². The molecular weight excluding hydrogens is 1010 g/mol. The summed E-state index contributed by atoms with van der Waals surface area (Å²) >= 11 is 0. The van der Waals surface area contributed by atoms with Gasteiger partial charge in [0, 0.05) is 25.7 Å². The Morgan fingerprint density at radius 2 is 0.896 bits per heavy atom. The first-order valence-electron chi connectivity index (χ1n) is 24.4. The van der Waals surface area contributed by atoms with Crippen molar-refractivity contribution in [2.45, 2.75) is 134 Å². The zero-order valence-electron chi connectivity index (χ0n) is 43.0. The lowest BCUT2D eigenvalue weighted by Crippen LogP contribution is -2.60. The van der Waals surface area contributed by atoms with E-state index in [4.69, 9.17) is 17.2 Å². The Morgan fingerprint density at radius 1 is 0.494 bits per heavy atom. The number of aliphatic carboxylic acids is 2. The van der Waals surface area contributed by atoms with E-state index >= 15 is 0 Å². The van der Waals surface area contributed by atoms with Gasteiger partial charge in [-0.15, -0.1) is 0 Å². The number of primary amides is 2. The molecule has 2 aromatic rings. The van der Waals surface area contributed by atoms with Gasteiger partial charge >= 0.3 is 11.9 Å². The predicted octanol–water partition coefficient (Wildman–Crippen LogP) is -4.11. The number of carbonyl (C=O) groups excluding carboxylic acids is 10. The number of phenolic OH excluding ortho intramolecular Hbond substituents is 2. The van der Waals surface area contributed by atoms with E-state index in [0.717, 1.165) is 0 Å². The molecule has 8 atom stereocenters. The molecule has 424 valence electrons. The van der Waals surface area contributed by atoms with Gasteiger partial charge in [0.15, 0.2) is 0 Å². The maximum atomic E-state index is 14.1. The fraction of sp³-hybridized carbons (Fsp3) is 0.510. The van der Waals surface area contributed by atoms with Crippen LogP contribution in [-0.4, -0.2) is 158 Å². The zero-order chi connectivity index (χ0) is 58.1. The fourth-order valence-electron chi connectivity index (χ4n) is 7.27. The van der Waals surface area contributed by atoms with Gasteiger partial charge in [-0.3, -0.25) is 52.7 Å². The molecule has 0 fully saturated rings. The highest BCUT2D eigenvalue weighted by Gasteiger charge is 2.35. The van der Waals surface area contributed by atoms with Crippen LogP contribution in [0.3, 0.4) is 0 Å². The second-order valence-corrected chi connectivity index (χ2v) is 18.8. The third kappa shape index (κ3) is 24.2. The van der Waals surface area contributed by atoms with Crippen molar-refractivity contribution in [3.8, 4) is 11.5 Å². The molecule has 0 bridgehead atoms. The van der Waals surface area contributed by atoms with Gasteiger partial charge in [0.1, 0.15) is 53.8 Å². The van der Waals surface area contributed by atoms with Crippen LogP contribution in [0.15, 0.2) is 48.5 Å². The van der Waals surface area contributed by atoms with E-state index in [9.17, 15) is 83.1 Å². The molecule has 0 radical (unpaired) electrons. The standard InChI is InChI=1S/C49H71N11O17/c1-24(2)19-34(57-42(69)30(50)20-26-5-9-28(62)10-6-26)43(70)53-22-39(66)54-31(15-18-40(67)68)44(71)55-32(13-16-37(51)64)45(72)56-33(14-17-38(52)65)46(73)58-35(21-27-7-11-29(63)12-8-27)47(74)59-36(23-61)48(75)60-41(25(3)4)49(76)77/h5-12,24-25,30-36,41,61-63H,13-23,50H2,1-4H3,(H2,51,64)(H2,52,65)(H,53,70)(H,54,66)(H,55,71)(H,56,72)(H,57,69)(H,58,73)(H,59,74)(H,60,75)(H,67,68)(H,76,77)/t30-,31-,32-,33-,34-,35-,36-,41-/m0/s1. The minimum atomic E-state index is -1.77. The second-order valence-electron chi connectivity index (χ2n) is 18.8. The molecule has 28 heteroatoms. The highest BCUT2D eigenvalue weighted by Crippen LogP contribution is 2.15. The number of carboxylic acids is 2. The number of aliphatic hydroxyl groups is 1. The summed E-state index contributed by atoms with van der Waals surface area (Å²) < 4.78 is 0. The van der Waals surface area contributed by atoms with E-state index in [2.05, 4.69) is 42.5 Å². The van der Waals surface area contributed by atoms with Crippen molar-refractivity contribution >= 4 is 71.0 Å². The third-order valence-electron chi connectivity index (χ3n) is 11.5. The molecule has 0 aromatic heterocycles. The number of carboxylic acid groups (broad SMARTS) is 2. The highest BCUT2D eigenvalue weighted by atomic mass is 16.4. The zero-order valence-corrected chi connectivity index (χ0v) is 43.0. The first-order valence-corrected chi connectivity index (χ1v) is 24.4. The maximum absolute atomic E-state index is 14.1. The Morgan fingerprint density at radius 3 is 1.32 bits per heavy atom. The molecule has 0 aliphatic carbocycles. The second kappa shape index (κ2) is 32.1. The SMILES string of the molecule is CC(C)C[C@H](NC(=O)[C@@H](N)Cc1ccc(O)cc1)C(=O)NCC(=O)N[C@@H](CCC(=O)O)C(=O)N[C@@H](CCC(N)=O)C(=O)N[C@@H](CCC(N)=O)C(=O)N[C@@H](Cc1ccc(O)cc1)C(=O)N[C@@H](CO)C(=O)N[C@H](C(=O)O)C(C)C. The Bertz CT molecular complexity index is 2400. The largest absolute Gasteiger partial charge is 0.508 e. The van der Waals surface area contributed by atoms with Crippen molar-refractivity contribution in [1.29, 1.82) is 0 Å². The van der Waals surface area contributed by atoms with Crippen LogP contribution < -0.4 is 59.7 Å². The van der Waals surface area contributed by atoms with Crippen molar-refractivity contribution in [1.82, 2.24) is 42.5 Å². The van der Waals surface area contributed by atoms with Crippen LogP contribution in [0.25, 0.3) is 0 Å². The Kier molecular flexibility index (Phi) is 27.0. The summed E-state index contributed by atoms with van der Waals surface area (Å²) in [6.07, 6.45) is -3.72. The molecule has 28 nitrogen and oxygen atoms in total. The lowest BCUT2D eigenvalue weighted by Gasteiger charge is -2.27. The van der Waals surface area contributed by atoms with Crippen LogP contribution in [-0.2, 0) is 70.4 Å². The van der Waals surface area contributed by atoms with Crippen LogP contribution in [0.5, 0.6) is 11.5 Å². The highest BCUT2D eigenvalue weighted by molar-refractivity contribution is 5.98. The lowest BCUT2D eigenvalue weighted by atomic mass is 10.0. The van der Waals surface area contributed by atoms with E-state index in [-0.39, 0.29) is 36.7 Å². The number of hydrogen-bond donors (Lipinski definition) is 16. The normalized spacial score (nSPS) is 14.1. The van der Waals surface area contributed by atoms with E-state index in [0.29, 0.717) is 11.1 Å². The van der Waals surface area contributed by atoms with Crippen molar-refractivity contribution in [2.24, 2.45) is 29.0 Å². The number of nitrogens with one attached hydrogen (secondary N) is 8. The summed E-state index contributed by atoms with van der Waals surface area (Å²) in [4.78, 5) is 156. The van der Waals surface area contributed by atoms with E-state index in [1.165, 1.54) is 50.2 Å². The van der Waals surface area contributed by atoms with E-state index in [1.54, 1.807) is 26.0 Å². The van der Waals surface area contributed by atoms with Gasteiger partial charge < -0.3 is 85.3 Å². The van der Waals surface area contributed by atoms with Gasteiger partial charge in [0.05, 0.1) is 19.2 Å². The summed E-state index contributed by atoms with van der Waals surface area (Å²) in [7, 11) is 0.